The van der Waals surface area contributed by atoms with Crippen LogP contribution in [0.5, 0.6) is 0 Å². The summed E-state index contributed by atoms with van der Waals surface area (Å²) in [6, 6.07) is 10.7. The number of thioether (sulfide) groups is 1. The molecule has 0 aliphatic carbocycles. The minimum absolute atomic E-state index is 0.0950. The van der Waals surface area contributed by atoms with Crippen LogP contribution in [0, 0.1) is 13.8 Å². The maximum Gasteiger partial charge on any atom is 0.255 e. The number of carbonyl (C=O) groups is 2. The van der Waals surface area contributed by atoms with Crippen molar-refractivity contribution in [3.63, 3.8) is 0 Å². The number of carbonyl (C=O) groups excluding carboxylic acids is 2. The van der Waals surface area contributed by atoms with Gasteiger partial charge in [0, 0.05) is 23.0 Å². The first-order valence-corrected chi connectivity index (χ1v) is 12.6. The van der Waals surface area contributed by atoms with Gasteiger partial charge < -0.3 is 10.2 Å². The molecule has 2 N–H and O–H groups in total. The van der Waals surface area contributed by atoms with Crippen LogP contribution < -0.4 is 10.0 Å². The van der Waals surface area contributed by atoms with Crippen molar-refractivity contribution < 1.29 is 18.0 Å². The number of aryl methyl sites for hydroxylation is 2. The molecule has 166 valence electrons. The zero-order chi connectivity index (χ0) is 22.8. The summed E-state index contributed by atoms with van der Waals surface area (Å²) in [6.45, 7) is 7.46. The standard InChI is InChI=1S/C22H27N3O4S2/c1-14(2)24-31(28,29)19-9-6-17(7-10-19)22(27)25-13-30-12-20(25)21(26)23-18-8-5-15(3)16(4)11-18/h5-11,14,20,24H,12-13H2,1-4H3,(H,23,26). The molecule has 1 heterocycles. The molecule has 3 rings (SSSR count). The Morgan fingerprint density at radius 3 is 2.35 bits per heavy atom. The average molecular weight is 462 g/mol. The highest BCUT2D eigenvalue weighted by Gasteiger charge is 2.35. The topological polar surface area (TPSA) is 95.6 Å². The van der Waals surface area contributed by atoms with Gasteiger partial charge in [-0.2, -0.15) is 0 Å². The summed E-state index contributed by atoms with van der Waals surface area (Å²) in [7, 11) is -3.63. The van der Waals surface area contributed by atoms with E-state index in [0.29, 0.717) is 22.9 Å². The van der Waals surface area contributed by atoms with E-state index in [4.69, 9.17) is 0 Å². The number of rotatable bonds is 6. The Kier molecular flexibility index (Phi) is 7.08. The highest BCUT2D eigenvalue weighted by molar-refractivity contribution is 7.99. The SMILES string of the molecule is Cc1ccc(NC(=O)C2CSCN2C(=O)c2ccc(S(=O)(=O)NC(C)C)cc2)cc1C. The molecular formula is C22H27N3O4S2. The van der Waals surface area contributed by atoms with Gasteiger partial charge in [-0.3, -0.25) is 9.59 Å². The van der Waals surface area contributed by atoms with Crippen LogP contribution in [0.1, 0.15) is 35.3 Å². The molecule has 1 aliphatic rings. The predicted molar refractivity (Wildman–Crippen MR) is 124 cm³/mol. The second-order valence-electron chi connectivity index (χ2n) is 7.88. The van der Waals surface area contributed by atoms with E-state index in [2.05, 4.69) is 10.0 Å². The fourth-order valence-corrected chi connectivity index (χ4v) is 5.63. The van der Waals surface area contributed by atoms with Crippen LogP contribution >= 0.6 is 11.8 Å². The minimum Gasteiger partial charge on any atom is -0.324 e. The van der Waals surface area contributed by atoms with Crippen LogP contribution in [0.25, 0.3) is 0 Å². The molecule has 2 amide bonds. The zero-order valence-corrected chi connectivity index (χ0v) is 19.6. The van der Waals surface area contributed by atoms with E-state index >= 15 is 0 Å². The summed E-state index contributed by atoms with van der Waals surface area (Å²) in [4.78, 5) is 27.5. The number of nitrogens with zero attached hydrogens (tertiary/aromatic N) is 1. The lowest BCUT2D eigenvalue weighted by atomic mass is 10.1. The minimum atomic E-state index is -3.63. The first-order chi connectivity index (χ1) is 14.6. The van der Waals surface area contributed by atoms with Crippen molar-refractivity contribution in [1.82, 2.24) is 9.62 Å². The maximum atomic E-state index is 13.0. The monoisotopic (exact) mass is 461 g/mol. The number of anilines is 1. The van der Waals surface area contributed by atoms with Gasteiger partial charge in [0.25, 0.3) is 5.91 Å². The first kappa shape index (κ1) is 23.3. The third kappa shape index (κ3) is 5.47. The van der Waals surface area contributed by atoms with Crippen LogP contribution in [0.3, 0.4) is 0 Å². The van der Waals surface area contributed by atoms with Gasteiger partial charge in [0.05, 0.1) is 10.8 Å². The van der Waals surface area contributed by atoms with Crippen molar-refractivity contribution in [3.8, 4) is 0 Å². The number of benzene rings is 2. The van der Waals surface area contributed by atoms with E-state index in [1.54, 1.807) is 13.8 Å². The van der Waals surface area contributed by atoms with Crippen molar-refractivity contribution in [3.05, 3.63) is 59.2 Å². The Balaban J connectivity index is 1.73. The lowest BCUT2D eigenvalue weighted by molar-refractivity contribution is -0.119. The van der Waals surface area contributed by atoms with Crippen LogP contribution in [0.4, 0.5) is 5.69 Å². The van der Waals surface area contributed by atoms with Crippen molar-refractivity contribution in [1.29, 1.82) is 0 Å². The third-order valence-electron chi connectivity index (χ3n) is 5.02. The van der Waals surface area contributed by atoms with Gasteiger partial charge in [0.15, 0.2) is 0 Å². The number of hydrogen-bond acceptors (Lipinski definition) is 5. The molecule has 0 aromatic heterocycles. The fraction of sp³-hybridized carbons (Fsp3) is 0.364. The second-order valence-corrected chi connectivity index (χ2v) is 10.6. The van der Waals surface area contributed by atoms with E-state index in [-0.39, 0.29) is 22.8 Å². The lowest BCUT2D eigenvalue weighted by Gasteiger charge is -2.23. The molecular weight excluding hydrogens is 434 g/mol. The Morgan fingerprint density at radius 1 is 1.06 bits per heavy atom. The van der Waals surface area contributed by atoms with Crippen LogP contribution in [0.15, 0.2) is 47.4 Å². The van der Waals surface area contributed by atoms with Crippen LogP contribution in [0.2, 0.25) is 0 Å². The molecule has 1 unspecified atom stereocenters. The highest BCUT2D eigenvalue weighted by Crippen LogP contribution is 2.25. The Bertz CT molecular complexity index is 1080. The van der Waals surface area contributed by atoms with E-state index in [1.807, 2.05) is 32.0 Å². The predicted octanol–water partition coefficient (Wildman–Crippen LogP) is 3.14. The number of sulfonamides is 1. The maximum absolute atomic E-state index is 13.0. The van der Waals surface area contributed by atoms with Crippen molar-refractivity contribution >= 4 is 39.3 Å². The van der Waals surface area contributed by atoms with Crippen molar-refractivity contribution in [2.45, 2.75) is 44.7 Å². The normalized spacial score (nSPS) is 16.5. The van der Waals surface area contributed by atoms with Crippen LogP contribution in [-0.2, 0) is 14.8 Å². The second kappa shape index (κ2) is 9.42. The van der Waals surface area contributed by atoms with Gasteiger partial charge in [-0.25, -0.2) is 13.1 Å². The molecule has 1 saturated heterocycles. The fourth-order valence-electron chi connectivity index (χ4n) is 3.23. The summed E-state index contributed by atoms with van der Waals surface area (Å²) >= 11 is 1.51. The first-order valence-electron chi connectivity index (χ1n) is 9.97. The molecule has 7 nitrogen and oxygen atoms in total. The number of nitrogens with one attached hydrogen (secondary N) is 2. The number of hydrogen-bond donors (Lipinski definition) is 2. The highest BCUT2D eigenvalue weighted by atomic mass is 32.2. The molecule has 9 heteroatoms. The van der Waals surface area contributed by atoms with Gasteiger partial charge in [0.2, 0.25) is 15.9 Å². The molecule has 0 saturated carbocycles. The summed E-state index contributed by atoms with van der Waals surface area (Å²) in [5, 5.41) is 2.90. The van der Waals surface area contributed by atoms with Crippen molar-refractivity contribution in [2.75, 3.05) is 16.9 Å². The largest absolute Gasteiger partial charge is 0.324 e. The van der Waals surface area contributed by atoms with Gasteiger partial charge in [-0.05, 0) is 75.2 Å². The quantitative estimate of drug-likeness (QED) is 0.689. The molecule has 0 spiro atoms. The van der Waals surface area contributed by atoms with Crippen molar-refractivity contribution in [2.24, 2.45) is 0 Å². The third-order valence-corrected chi connectivity index (χ3v) is 7.71. The van der Waals surface area contributed by atoms with E-state index in [1.165, 1.54) is 40.9 Å². The molecule has 0 radical (unpaired) electrons. The molecule has 2 aromatic carbocycles. The lowest BCUT2D eigenvalue weighted by Crippen LogP contribution is -2.44. The summed E-state index contributed by atoms with van der Waals surface area (Å²) in [5.41, 5.74) is 3.26. The Hall–Kier alpha value is -2.36. The molecule has 1 fully saturated rings. The Morgan fingerprint density at radius 2 is 1.74 bits per heavy atom. The van der Waals surface area contributed by atoms with E-state index < -0.39 is 16.1 Å². The van der Waals surface area contributed by atoms with E-state index in [0.717, 1.165) is 11.1 Å². The Labute approximate surface area is 187 Å². The van der Waals surface area contributed by atoms with Crippen LogP contribution in [-0.4, -0.2) is 48.8 Å². The van der Waals surface area contributed by atoms with Gasteiger partial charge in [-0.15, -0.1) is 11.8 Å². The zero-order valence-electron chi connectivity index (χ0n) is 18.0. The summed E-state index contributed by atoms with van der Waals surface area (Å²) < 4.78 is 27.1. The van der Waals surface area contributed by atoms with Gasteiger partial charge in [-0.1, -0.05) is 6.07 Å². The summed E-state index contributed by atoms with van der Waals surface area (Å²) in [6.07, 6.45) is 0. The van der Waals surface area contributed by atoms with Gasteiger partial charge >= 0.3 is 0 Å². The molecule has 2 aromatic rings. The average Bonchev–Trinajstić information content (AvgIpc) is 3.19. The number of amides is 2. The smallest absolute Gasteiger partial charge is 0.255 e. The van der Waals surface area contributed by atoms with Gasteiger partial charge in [0.1, 0.15) is 6.04 Å². The summed E-state index contributed by atoms with van der Waals surface area (Å²) in [5.74, 6) is 0.374. The van der Waals surface area contributed by atoms with E-state index in [9.17, 15) is 18.0 Å². The molecule has 0 bridgehead atoms. The molecule has 31 heavy (non-hydrogen) atoms. The molecule has 1 atom stereocenters. The molecule has 1 aliphatic heterocycles.